The number of carbonyl (C=O) groups excluding carboxylic acids is 3. The van der Waals surface area contributed by atoms with E-state index in [1.807, 2.05) is 42.5 Å². The molecule has 0 fully saturated rings. The molecule has 0 unspecified atom stereocenters. The number of thioether (sulfide) groups is 1. The first-order valence-corrected chi connectivity index (χ1v) is 13.9. The van der Waals surface area contributed by atoms with E-state index in [1.54, 1.807) is 66.7 Å². The van der Waals surface area contributed by atoms with Crippen LogP contribution in [0.1, 0.15) is 15.9 Å². The molecule has 0 bridgehead atoms. The fourth-order valence-electron chi connectivity index (χ4n) is 3.41. The lowest BCUT2D eigenvalue weighted by atomic mass is 10.1. The average Bonchev–Trinajstić information content (AvgIpc) is 2.94. The number of rotatable bonds is 9. The van der Waals surface area contributed by atoms with Gasteiger partial charge in [-0.1, -0.05) is 63.9 Å². The summed E-state index contributed by atoms with van der Waals surface area (Å²) in [5.41, 5.74) is 2.47. The fourth-order valence-corrected chi connectivity index (χ4v) is 4.57. The Morgan fingerprint density at radius 3 is 2.21 bits per heavy atom. The number of anilines is 2. The third-order valence-corrected chi connectivity index (χ3v) is 7.08. The molecule has 0 saturated heterocycles. The summed E-state index contributed by atoms with van der Waals surface area (Å²) in [4.78, 5) is 39.1. The van der Waals surface area contributed by atoms with Gasteiger partial charge in [0.1, 0.15) is 5.70 Å². The third kappa shape index (κ3) is 8.85. The molecule has 4 aromatic rings. The molecule has 0 atom stereocenters. The van der Waals surface area contributed by atoms with Gasteiger partial charge in [0.2, 0.25) is 5.91 Å². The van der Waals surface area contributed by atoms with Gasteiger partial charge in [0, 0.05) is 31.3 Å². The Morgan fingerprint density at radius 2 is 1.51 bits per heavy atom. The number of carbonyl (C=O) groups is 3. The van der Waals surface area contributed by atoms with Gasteiger partial charge in [0.05, 0.1) is 5.75 Å². The molecular weight excluding hydrogens is 598 g/mol. The lowest BCUT2D eigenvalue weighted by Crippen LogP contribution is -2.30. The van der Waals surface area contributed by atoms with Crippen LogP contribution in [0.4, 0.5) is 11.4 Å². The number of benzene rings is 4. The van der Waals surface area contributed by atoms with Gasteiger partial charge in [-0.2, -0.15) is 0 Å². The zero-order valence-electron chi connectivity index (χ0n) is 20.5. The van der Waals surface area contributed by atoms with E-state index in [9.17, 15) is 14.4 Å². The van der Waals surface area contributed by atoms with Crippen LogP contribution >= 0.6 is 39.3 Å². The van der Waals surface area contributed by atoms with E-state index in [0.717, 1.165) is 14.9 Å². The molecule has 4 rings (SSSR count). The molecule has 3 N–H and O–H groups in total. The van der Waals surface area contributed by atoms with E-state index in [0.29, 0.717) is 22.0 Å². The SMILES string of the molecule is O=C(CSc1ccc(NC(=O)/C(=C/c2ccc(Br)cc2)NC(=O)c2ccccc2)cc1)Nc1cccc(Cl)c1. The van der Waals surface area contributed by atoms with Crippen molar-refractivity contribution in [2.75, 3.05) is 16.4 Å². The van der Waals surface area contributed by atoms with Crippen molar-refractivity contribution in [1.29, 1.82) is 0 Å². The highest BCUT2D eigenvalue weighted by Crippen LogP contribution is 2.22. The second-order valence-corrected chi connectivity index (χ2v) is 10.7. The van der Waals surface area contributed by atoms with Gasteiger partial charge in [0.15, 0.2) is 0 Å². The van der Waals surface area contributed by atoms with Gasteiger partial charge in [0.25, 0.3) is 11.8 Å². The van der Waals surface area contributed by atoms with Crippen molar-refractivity contribution in [3.05, 3.63) is 129 Å². The molecule has 9 heteroatoms. The lowest BCUT2D eigenvalue weighted by Gasteiger charge is -2.12. The Morgan fingerprint density at radius 1 is 0.795 bits per heavy atom. The van der Waals surface area contributed by atoms with E-state index < -0.39 is 11.8 Å². The molecule has 4 aromatic carbocycles. The van der Waals surface area contributed by atoms with Crippen LogP contribution in [0.3, 0.4) is 0 Å². The first-order valence-electron chi connectivity index (χ1n) is 11.8. The Labute approximate surface area is 244 Å². The van der Waals surface area contributed by atoms with E-state index in [4.69, 9.17) is 11.6 Å². The van der Waals surface area contributed by atoms with Gasteiger partial charge in [-0.3, -0.25) is 14.4 Å². The van der Waals surface area contributed by atoms with E-state index >= 15 is 0 Å². The van der Waals surface area contributed by atoms with Crippen molar-refractivity contribution < 1.29 is 14.4 Å². The summed E-state index contributed by atoms with van der Waals surface area (Å²) < 4.78 is 0.902. The molecule has 0 radical (unpaired) electrons. The molecular formula is C30H23BrClN3O3S. The highest BCUT2D eigenvalue weighted by molar-refractivity contribution is 9.10. The van der Waals surface area contributed by atoms with E-state index in [2.05, 4.69) is 31.9 Å². The smallest absolute Gasteiger partial charge is 0.272 e. The van der Waals surface area contributed by atoms with Crippen LogP contribution in [0.2, 0.25) is 5.02 Å². The highest BCUT2D eigenvalue weighted by Gasteiger charge is 2.15. The molecule has 6 nitrogen and oxygen atoms in total. The zero-order valence-corrected chi connectivity index (χ0v) is 23.6. The van der Waals surface area contributed by atoms with Gasteiger partial charge in [-0.05, 0) is 78.4 Å². The average molecular weight is 621 g/mol. The van der Waals surface area contributed by atoms with Crippen LogP contribution in [-0.4, -0.2) is 23.5 Å². The Hall–Kier alpha value is -3.85. The number of amides is 3. The van der Waals surface area contributed by atoms with Crippen LogP contribution in [0.5, 0.6) is 0 Å². The van der Waals surface area contributed by atoms with Crippen LogP contribution < -0.4 is 16.0 Å². The van der Waals surface area contributed by atoms with Gasteiger partial charge >= 0.3 is 0 Å². The number of hydrogen-bond donors (Lipinski definition) is 3. The van der Waals surface area contributed by atoms with Gasteiger partial charge in [-0.15, -0.1) is 11.8 Å². The number of nitrogens with one attached hydrogen (secondary N) is 3. The summed E-state index contributed by atoms with van der Waals surface area (Å²) in [7, 11) is 0. The van der Waals surface area contributed by atoms with Crippen molar-refractivity contribution in [3.63, 3.8) is 0 Å². The Kier molecular flexibility index (Phi) is 9.97. The number of halogens is 2. The summed E-state index contributed by atoms with van der Waals surface area (Å²) in [6.45, 7) is 0. The predicted octanol–water partition coefficient (Wildman–Crippen LogP) is 7.24. The second-order valence-electron chi connectivity index (χ2n) is 8.26. The largest absolute Gasteiger partial charge is 0.325 e. The first kappa shape index (κ1) is 28.2. The van der Waals surface area contributed by atoms with Gasteiger partial charge < -0.3 is 16.0 Å². The lowest BCUT2D eigenvalue weighted by molar-refractivity contribution is -0.114. The minimum atomic E-state index is -0.469. The Balaban J connectivity index is 1.40. The molecule has 0 aliphatic rings. The fraction of sp³-hybridized carbons (Fsp3) is 0.0333. The van der Waals surface area contributed by atoms with Crippen LogP contribution in [-0.2, 0) is 9.59 Å². The predicted molar refractivity (Wildman–Crippen MR) is 162 cm³/mol. The quantitative estimate of drug-likeness (QED) is 0.136. The summed E-state index contributed by atoms with van der Waals surface area (Å²) in [6.07, 6.45) is 1.62. The normalized spacial score (nSPS) is 11.0. The maximum atomic E-state index is 13.2. The molecule has 0 saturated carbocycles. The summed E-state index contributed by atoms with van der Waals surface area (Å²) in [6, 6.07) is 30.1. The third-order valence-electron chi connectivity index (χ3n) is 5.30. The Bertz CT molecular complexity index is 1490. The van der Waals surface area contributed by atoms with Gasteiger partial charge in [-0.25, -0.2) is 0 Å². The van der Waals surface area contributed by atoms with Crippen molar-refractivity contribution in [2.45, 2.75) is 4.90 Å². The number of hydrogen-bond acceptors (Lipinski definition) is 4. The van der Waals surface area contributed by atoms with Crippen molar-refractivity contribution >= 4 is 74.5 Å². The zero-order chi connectivity index (χ0) is 27.6. The molecule has 0 aliphatic heterocycles. The molecule has 0 heterocycles. The molecule has 196 valence electrons. The highest BCUT2D eigenvalue weighted by atomic mass is 79.9. The van der Waals surface area contributed by atoms with E-state index in [-0.39, 0.29) is 17.4 Å². The standard InChI is InChI=1S/C30H23BrClN3O3S/c31-22-11-9-20(10-12-22)17-27(35-29(37)21-5-2-1-3-6-21)30(38)34-24-13-15-26(16-14-24)39-19-28(36)33-25-8-4-7-23(32)18-25/h1-18H,19H2,(H,33,36)(H,34,38)(H,35,37)/b27-17-. The monoisotopic (exact) mass is 619 g/mol. The van der Waals surface area contributed by atoms with Crippen LogP contribution in [0.15, 0.2) is 118 Å². The van der Waals surface area contributed by atoms with E-state index in [1.165, 1.54) is 11.8 Å². The maximum Gasteiger partial charge on any atom is 0.272 e. The molecule has 0 aromatic heterocycles. The summed E-state index contributed by atoms with van der Waals surface area (Å²) in [5.74, 6) is -0.805. The topological polar surface area (TPSA) is 87.3 Å². The van der Waals surface area contributed by atoms with Crippen molar-refractivity contribution in [2.24, 2.45) is 0 Å². The minimum absolute atomic E-state index is 0.0994. The molecule has 39 heavy (non-hydrogen) atoms. The maximum absolute atomic E-state index is 13.2. The molecule has 3 amide bonds. The first-order chi connectivity index (χ1) is 18.9. The van der Waals surface area contributed by atoms with Crippen molar-refractivity contribution in [1.82, 2.24) is 5.32 Å². The molecule has 0 aliphatic carbocycles. The summed E-state index contributed by atoms with van der Waals surface area (Å²) >= 11 is 10.7. The molecule has 0 spiro atoms. The van der Waals surface area contributed by atoms with Crippen LogP contribution in [0, 0.1) is 0 Å². The van der Waals surface area contributed by atoms with Crippen LogP contribution in [0.25, 0.3) is 6.08 Å². The second kappa shape index (κ2) is 13.8. The minimum Gasteiger partial charge on any atom is -0.325 e. The summed E-state index contributed by atoms with van der Waals surface area (Å²) in [5, 5.41) is 8.91. The van der Waals surface area contributed by atoms with Crippen molar-refractivity contribution in [3.8, 4) is 0 Å².